The lowest BCUT2D eigenvalue weighted by molar-refractivity contribution is -0.384. The molecular formula is C19H16ClN5O4S. The number of carbonyl (C=O) groups excluding carboxylic acids is 1. The fraction of sp³-hybridized carbons (Fsp3) is 0.263. The van der Waals surface area contributed by atoms with Crippen LogP contribution in [0.4, 0.5) is 5.69 Å². The van der Waals surface area contributed by atoms with Gasteiger partial charge in [-0.2, -0.15) is 5.10 Å². The summed E-state index contributed by atoms with van der Waals surface area (Å²) < 4.78 is 0. The first-order valence-electron chi connectivity index (χ1n) is 9.17. The molecule has 11 heteroatoms. The average molecular weight is 446 g/mol. The molecule has 1 aromatic carbocycles. The predicted octanol–water partition coefficient (Wildman–Crippen LogP) is 3.47. The third-order valence-corrected chi connectivity index (χ3v) is 6.32. The molecule has 0 aliphatic carbocycles. The van der Waals surface area contributed by atoms with Crippen LogP contribution in [0, 0.1) is 10.1 Å². The molecule has 1 N–H and O–H groups in total. The van der Waals surface area contributed by atoms with Gasteiger partial charge in [-0.1, -0.05) is 17.7 Å². The number of halogens is 1. The number of hydrogen-bond acceptors (Lipinski definition) is 7. The van der Waals surface area contributed by atoms with E-state index >= 15 is 0 Å². The highest BCUT2D eigenvalue weighted by Gasteiger charge is 2.27. The lowest BCUT2D eigenvalue weighted by Gasteiger charge is -2.30. The summed E-state index contributed by atoms with van der Waals surface area (Å²) in [5.74, 6) is -0.00312. The van der Waals surface area contributed by atoms with E-state index < -0.39 is 4.92 Å². The van der Waals surface area contributed by atoms with Crippen molar-refractivity contribution in [1.82, 2.24) is 20.1 Å². The molecule has 4 rings (SSSR count). The largest absolute Gasteiger partial charge is 0.337 e. The first-order valence-corrected chi connectivity index (χ1v) is 10.4. The van der Waals surface area contributed by atoms with Crippen LogP contribution in [-0.2, 0) is 0 Å². The van der Waals surface area contributed by atoms with Crippen LogP contribution >= 0.6 is 22.9 Å². The molecule has 9 nitrogen and oxygen atoms in total. The van der Waals surface area contributed by atoms with Gasteiger partial charge >= 0.3 is 0 Å². The zero-order valence-electron chi connectivity index (χ0n) is 15.6. The number of nitrogens with zero attached hydrogens (tertiary/aromatic N) is 4. The molecule has 3 aromatic rings. The van der Waals surface area contributed by atoms with E-state index in [1.807, 2.05) is 5.38 Å². The molecule has 3 heterocycles. The van der Waals surface area contributed by atoms with E-state index in [0.717, 1.165) is 17.8 Å². The quantitative estimate of drug-likeness (QED) is 0.484. The monoisotopic (exact) mass is 445 g/mol. The summed E-state index contributed by atoms with van der Waals surface area (Å²) in [4.78, 5) is 40.6. The predicted molar refractivity (Wildman–Crippen MR) is 112 cm³/mol. The van der Waals surface area contributed by atoms with Crippen LogP contribution in [0.1, 0.15) is 34.3 Å². The molecular weight excluding hydrogens is 430 g/mol. The summed E-state index contributed by atoms with van der Waals surface area (Å²) in [6.07, 6.45) is 1.51. The zero-order valence-corrected chi connectivity index (χ0v) is 17.2. The van der Waals surface area contributed by atoms with Crippen LogP contribution in [0.5, 0.6) is 0 Å². The number of nitrogens with one attached hydrogen (secondary N) is 1. The summed E-state index contributed by atoms with van der Waals surface area (Å²) in [6, 6.07) is 7.35. The van der Waals surface area contributed by atoms with Crippen LogP contribution in [0.15, 0.2) is 40.5 Å². The van der Waals surface area contributed by atoms with Gasteiger partial charge < -0.3 is 4.90 Å². The molecule has 0 saturated carbocycles. The van der Waals surface area contributed by atoms with Crippen LogP contribution in [-0.4, -0.2) is 44.0 Å². The van der Waals surface area contributed by atoms with E-state index in [4.69, 9.17) is 11.6 Å². The molecule has 1 aliphatic heterocycles. The van der Waals surface area contributed by atoms with E-state index in [-0.39, 0.29) is 33.8 Å². The van der Waals surface area contributed by atoms with Gasteiger partial charge in [0.05, 0.1) is 15.6 Å². The van der Waals surface area contributed by atoms with Crippen LogP contribution in [0.25, 0.3) is 11.3 Å². The lowest BCUT2D eigenvalue weighted by Crippen LogP contribution is -2.38. The van der Waals surface area contributed by atoms with Crippen LogP contribution in [0.2, 0.25) is 5.02 Å². The maximum atomic E-state index is 12.5. The van der Waals surface area contributed by atoms with Gasteiger partial charge in [0, 0.05) is 42.1 Å². The second-order valence-electron chi connectivity index (χ2n) is 6.87. The smallest absolute Gasteiger partial charge is 0.288 e. The molecule has 30 heavy (non-hydrogen) atoms. The normalized spacial score (nSPS) is 14.6. The van der Waals surface area contributed by atoms with Crippen LogP contribution in [0.3, 0.4) is 0 Å². The van der Waals surface area contributed by atoms with Gasteiger partial charge in [0.1, 0.15) is 10.7 Å². The molecule has 1 saturated heterocycles. The topological polar surface area (TPSA) is 122 Å². The van der Waals surface area contributed by atoms with Crippen molar-refractivity contribution in [3.63, 3.8) is 0 Å². The molecule has 154 valence electrons. The van der Waals surface area contributed by atoms with Gasteiger partial charge in [-0.25, -0.2) is 10.1 Å². The number of benzene rings is 1. The molecule has 2 aromatic heterocycles. The molecule has 1 amide bonds. The third-order valence-electron chi connectivity index (χ3n) is 4.99. The number of thiazole rings is 1. The number of nitro groups is 1. The Morgan fingerprint density at radius 3 is 2.70 bits per heavy atom. The summed E-state index contributed by atoms with van der Waals surface area (Å²) in [5, 5.41) is 20.1. The Hall–Kier alpha value is -3.11. The molecule has 0 spiro atoms. The van der Waals surface area contributed by atoms with Crippen molar-refractivity contribution < 1.29 is 9.72 Å². The summed E-state index contributed by atoms with van der Waals surface area (Å²) in [6.45, 7) is 1.12. The highest BCUT2D eigenvalue weighted by molar-refractivity contribution is 7.10. The number of aromatic amines is 1. The van der Waals surface area contributed by atoms with Crippen molar-refractivity contribution in [3.8, 4) is 11.3 Å². The van der Waals surface area contributed by atoms with E-state index in [9.17, 15) is 19.7 Å². The Kier molecular flexibility index (Phi) is 5.60. The molecule has 1 fully saturated rings. The van der Waals surface area contributed by atoms with Gasteiger partial charge in [-0.3, -0.25) is 19.7 Å². The number of rotatable bonds is 4. The second kappa shape index (κ2) is 8.33. The first-order chi connectivity index (χ1) is 14.4. The molecule has 0 bridgehead atoms. The van der Waals surface area contributed by atoms with E-state index in [1.54, 1.807) is 11.0 Å². The minimum absolute atomic E-state index is 0.0909. The van der Waals surface area contributed by atoms with Crippen molar-refractivity contribution in [2.45, 2.75) is 18.8 Å². The van der Waals surface area contributed by atoms with E-state index in [0.29, 0.717) is 24.3 Å². The van der Waals surface area contributed by atoms with Crippen molar-refractivity contribution in [1.29, 1.82) is 0 Å². The highest BCUT2D eigenvalue weighted by atomic mass is 35.5. The number of nitro benzene ring substituents is 1. The molecule has 0 atom stereocenters. The van der Waals surface area contributed by atoms with E-state index in [1.165, 1.54) is 35.6 Å². The Labute approximate surface area is 179 Å². The molecule has 0 radical (unpaired) electrons. The van der Waals surface area contributed by atoms with Crippen molar-refractivity contribution in [3.05, 3.63) is 71.9 Å². The fourth-order valence-corrected chi connectivity index (χ4v) is 4.56. The van der Waals surface area contributed by atoms with Crippen LogP contribution < -0.4 is 5.56 Å². The van der Waals surface area contributed by atoms with Crippen molar-refractivity contribution in [2.24, 2.45) is 0 Å². The van der Waals surface area contributed by atoms with Gasteiger partial charge in [0.25, 0.3) is 17.2 Å². The second-order valence-corrected chi connectivity index (χ2v) is 8.16. The highest BCUT2D eigenvalue weighted by Crippen LogP contribution is 2.35. The summed E-state index contributed by atoms with van der Waals surface area (Å²) in [7, 11) is 0. The number of likely N-dealkylation sites (tertiary alicyclic amines) is 1. The minimum atomic E-state index is -0.511. The van der Waals surface area contributed by atoms with E-state index in [2.05, 4.69) is 15.2 Å². The number of amides is 1. The number of hydrogen-bond donors (Lipinski definition) is 1. The number of carbonyl (C=O) groups is 1. The number of piperidine rings is 1. The number of H-pyrrole nitrogens is 1. The maximum Gasteiger partial charge on any atom is 0.288 e. The molecule has 0 unspecified atom stereocenters. The van der Waals surface area contributed by atoms with Crippen molar-refractivity contribution in [2.75, 3.05) is 13.1 Å². The first kappa shape index (κ1) is 20.2. The SMILES string of the molecule is O=C(c1ccc(=O)[nH]n1)N1CCC(c2nc(-c3ccc(Cl)c([N+](=O)[O-])c3)cs2)CC1. The third kappa shape index (κ3) is 4.10. The Bertz CT molecular complexity index is 1150. The lowest BCUT2D eigenvalue weighted by atomic mass is 9.97. The Morgan fingerprint density at radius 2 is 2.03 bits per heavy atom. The van der Waals surface area contributed by atoms with Gasteiger partial charge in [-0.05, 0) is 25.0 Å². The Balaban J connectivity index is 1.44. The standard InChI is InChI=1S/C19H16ClN5O4S/c20-13-2-1-12(9-16(13)25(28)29)15-10-30-18(21-15)11-5-7-24(8-6-11)19(27)14-3-4-17(26)23-22-14/h1-4,9-11H,5-8H2,(H,23,26). The molecule has 1 aliphatic rings. The fourth-order valence-electron chi connectivity index (χ4n) is 3.37. The van der Waals surface area contributed by atoms with Gasteiger partial charge in [0.2, 0.25) is 0 Å². The average Bonchev–Trinajstić information content (AvgIpc) is 3.24. The summed E-state index contributed by atoms with van der Waals surface area (Å²) >= 11 is 7.39. The minimum Gasteiger partial charge on any atom is -0.337 e. The zero-order chi connectivity index (χ0) is 21.3. The number of aromatic nitrogens is 3. The Morgan fingerprint density at radius 1 is 1.27 bits per heavy atom. The summed E-state index contributed by atoms with van der Waals surface area (Å²) in [5.41, 5.74) is 1.03. The van der Waals surface area contributed by atoms with Gasteiger partial charge in [-0.15, -0.1) is 11.3 Å². The maximum absolute atomic E-state index is 12.5. The van der Waals surface area contributed by atoms with Crippen molar-refractivity contribution >= 4 is 34.5 Å². The van der Waals surface area contributed by atoms with Gasteiger partial charge in [0.15, 0.2) is 0 Å².